The van der Waals surface area contributed by atoms with Crippen LogP contribution in [0.5, 0.6) is 0 Å². The molecule has 0 radical (unpaired) electrons. The molecule has 0 saturated heterocycles. The third-order valence-corrected chi connectivity index (χ3v) is 5.85. The molecule has 0 bridgehead atoms. The van der Waals surface area contributed by atoms with E-state index in [0.717, 1.165) is 4.88 Å². The topological polar surface area (TPSA) is 84.3 Å². The molecule has 29 heavy (non-hydrogen) atoms. The molecule has 1 aliphatic rings. The first-order chi connectivity index (χ1) is 14.1. The second-order valence-electron chi connectivity index (χ2n) is 6.73. The van der Waals surface area contributed by atoms with Gasteiger partial charge in [0.15, 0.2) is 0 Å². The molecule has 1 aromatic carbocycles. The number of aromatic nitrogens is 2. The summed E-state index contributed by atoms with van der Waals surface area (Å²) in [5.41, 5.74) is 0.861. The van der Waals surface area contributed by atoms with Gasteiger partial charge in [-0.25, -0.2) is 0 Å². The first-order valence-corrected chi connectivity index (χ1v) is 10.3. The first-order valence-electron chi connectivity index (χ1n) is 9.39. The van der Waals surface area contributed by atoms with E-state index in [1.165, 1.54) is 4.90 Å². The SMILES string of the molecule is O=C(CCCN1C(=O)c2ccccc2C1=O)NCC(c1cccs1)n1cccn1. The number of hydrogen-bond donors (Lipinski definition) is 1. The van der Waals surface area contributed by atoms with Crippen molar-refractivity contribution in [3.05, 3.63) is 76.2 Å². The molecule has 3 heterocycles. The molecule has 0 aliphatic carbocycles. The van der Waals surface area contributed by atoms with E-state index in [0.29, 0.717) is 24.1 Å². The summed E-state index contributed by atoms with van der Waals surface area (Å²) in [5.74, 6) is -0.694. The molecule has 1 atom stereocenters. The maximum atomic E-state index is 12.4. The zero-order valence-electron chi connectivity index (χ0n) is 15.7. The average Bonchev–Trinajstić information content (AvgIpc) is 3.48. The molecule has 2 aromatic heterocycles. The molecular formula is C21H20N4O3S. The summed E-state index contributed by atoms with van der Waals surface area (Å²) in [4.78, 5) is 39.4. The van der Waals surface area contributed by atoms with Crippen molar-refractivity contribution in [3.63, 3.8) is 0 Å². The Kier molecular flexibility index (Phi) is 5.53. The summed E-state index contributed by atoms with van der Waals surface area (Å²) in [6, 6.07) is 12.6. The molecule has 0 spiro atoms. The Hall–Kier alpha value is -3.26. The molecule has 7 nitrogen and oxygen atoms in total. The lowest BCUT2D eigenvalue weighted by molar-refractivity contribution is -0.121. The van der Waals surface area contributed by atoms with Crippen LogP contribution in [0.25, 0.3) is 0 Å². The van der Waals surface area contributed by atoms with Gasteiger partial charge >= 0.3 is 0 Å². The number of nitrogens with zero attached hydrogens (tertiary/aromatic N) is 3. The van der Waals surface area contributed by atoms with E-state index >= 15 is 0 Å². The van der Waals surface area contributed by atoms with Gasteiger partial charge in [0.25, 0.3) is 11.8 Å². The number of nitrogens with one attached hydrogen (secondary N) is 1. The van der Waals surface area contributed by atoms with E-state index in [4.69, 9.17) is 0 Å². The van der Waals surface area contributed by atoms with Gasteiger partial charge < -0.3 is 5.32 Å². The fourth-order valence-electron chi connectivity index (χ4n) is 3.41. The van der Waals surface area contributed by atoms with Gasteiger partial charge in [-0.1, -0.05) is 18.2 Å². The molecule has 0 fully saturated rings. The lowest BCUT2D eigenvalue weighted by Crippen LogP contribution is -2.33. The van der Waals surface area contributed by atoms with E-state index in [9.17, 15) is 14.4 Å². The zero-order valence-corrected chi connectivity index (χ0v) is 16.5. The fraction of sp³-hybridized carbons (Fsp3) is 0.238. The second kappa shape index (κ2) is 8.40. The van der Waals surface area contributed by atoms with Crippen molar-refractivity contribution >= 4 is 29.1 Å². The smallest absolute Gasteiger partial charge is 0.261 e. The Morgan fingerprint density at radius 2 is 1.83 bits per heavy atom. The number of thiophene rings is 1. The summed E-state index contributed by atoms with van der Waals surface area (Å²) in [6.07, 6.45) is 4.25. The van der Waals surface area contributed by atoms with E-state index in [1.807, 2.05) is 34.5 Å². The molecular weight excluding hydrogens is 388 g/mol. The molecule has 3 aromatic rings. The molecule has 3 amide bonds. The molecule has 148 valence electrons. The summed E-state index contributed by atoms with van der Waals surface area (Å²) >= 11 is 1.62. The Bertz CT molecular complexity index is 945. The normalized spacial score (nSPS) is 14.1. The molecule has 8 heteroatoms. The largest absolute Gasteiger partial charge is 0.354 e. The summed E-state index contributed by atoms with van der Waals surface area (Å²) in [5, 5.41) is 9.23. The number of amides is 3. The van der Waals surface area contributed by atoms with Crippen LogP contribution in [-0.2, 0) is 4.79 Å². The van der Waals surface area contributed by atoms with Crippen LogP contribution < -0.4 is 5.32 Å². The Morgan fingerprint density at radius 3 is 2.45 bits per heavy atom. The molecule has 0 saturated carbocycles. The highest BCUT2D eigenvalue weighted by atomic mass is 32.1. The van der Waals surface area contributed by atoms with E-state index < -0.39 is 0 Å². The zero-order chi connectivity index (χ0) is 20.2. The highest BCUT2D eigenvalue weighted by Gasteiger charge is 2.34. The maximum Gasteiger partial charge on any atom is 0.261 e. The lowest BCUT2D eigenvalue weighted by atomic mass is 10.1. The van der Waals surface area contributed by atoms with Crippen LogP contribution in [0.15, 0.2) is 60.2 Å². The van der Waals surface area contributed by atoms with Gasteiger partial charge in [-0.05, 0) is 36.1 Å². The second-order valence-corrected chi connectivity index (χ2v) is 7.71. The monoisotopic (exact) mass is 408 g/mol. The first kappa shape index (κ1) is 19.1. The minimum absolute atomic E-state index is 0.0646. The van der Waals surface area contributed by atoms with Gasteiger partial charge in [-0.3, -0.25) is 24.0 Å². The highest BCUT2D eigenvalue weighted by Crippen LogP contribution is 2.23. The van der Waals surface area contributed by atoms with Crippen molar-refractivity contribution in [1.29, 1.82) is 0 Å². The Morgan fingerprint density at radius 1 is 1.07 bits per heavy atom. The summed E-state index contributed by atoms with van der Waals surface area (Å²) < 4.78 is 1.82. The number of hydrogen-bond acceptors (Lipinski definition) is 5. The molecule has 1 unspecified atom stereocenters. The van der Waals surface area contributed by atoms with Gasteiger partial charge in [0.05, 0.1) is 11.1 Å². The van der Waals surface area contributed by atoms with Crippen molar-refractivity contribution in [3.8, 4) is 0 Å². The third kappa shape index (κ3) is 3.97. The van der Waals surface area contributed by atoms with Crippen molar-refractivity contribution in [2.75, 3.05) is 13.1 Å². The summed E-state index contributed by atoms with van der Waals surface area (Å²) in [6.45, 7) is 0.654. The van der Waals surface area contributed by atoms with Gasteiger partial charge in [0.2, 0.25) is 5.91 Å². The number of carbonyl (C=O) groups is 3. The lowest BCUT2D eigenvalue weighted by Gasteiger charge is -2.17. The van der Waals surface area contributed by atoms with Crippen LogP contribution >= 0.6 is 11.3 Å². The number of carbonyl (C=O) groups excluding carboxylic acids is 3. The van der Waals surface area contributed by atoms with E-state index in [-0.39, 0.29) is 36.7 Å². The number of benzene rings is 1. The van der Waals surface area contributed by atoms with Gasteiger partial charge in [-0.15, -0.1) is 11.3 Å². The number of rotatable bonds is 8. The quantitative estimate of drug-likeness (QED) is 0.581. The predicted octanol–water partition coefficient (Wildman–Crippen LogP) is 2.73. The number of imide groups is 1. The average molecular weight is 408 g/mol. The maximum absolute atomic E-state index is 12.4. The van der Waals surface area contributed by atoms with Gasteiger partial charge in [-0.2, -0.15) is 5.10 Å². The van der Waals surface area contributed by atoms with Gasteiger partial charge in [0.1, 0.15) is 6.04 Å². The van der Waals surface area contributed by atoms with Gasteiger partial charge in [0, 0.05) is 36.8 Å². The molecule has 4 rings (SSSR count). The minimum Gasteiger partial charge on any atom is -0.354 e. The van der Waals surface area contributed by atoms with Crippen LogP contribution in [0.4, 0.5) is 0 Å². The van der Waals surface area contributed by atoms with Crippen LogP contribution in [0.1, 0.15) is 44.5 Å². The third-order valence-electron chi connectivity index (χ3n) is 4.87. The number of fused-ring (bicyclic) bond motifs is 1. The molecule has 1 N–H and O–H groups in total. The van der Waals surface area contributed by atoms with Crippen molar-refractivity contribution in [1.82, 2.24) is 20.0 Å². The van der Waals surface area contributed by atoms with Crippen molar-refractivity contribution in [2.24, 2.45) is 0 Å². The summed E-state index contributed by atoms with van der Waals surface area (Å²) in [7, 11) is 0. The van der Waals surface area contributed by atoms with Crippen molar-refractivity contribution in [2.45, 2.75) is 18.9 Å². The van der Waals surface area contributed by atoms with Crippen LogP contribution in [-0.4, -0.2) is 45.5 Å². The Labute approximate surface area is 172 Å². The van der Waals surface area contributed by atoms with Crippen LogP contribution in [0, 0.1) is 0 Å². The van der Waals surface area contributed by atoms with Crippen molar-refractivity contribution < 1.29 is 14.4 Å². The molecule has 1 aliphatic heterocycles. The van der Waals surface area contributed by atoms with Crippen LogP contribution in [0.2, 0.25) is 0 Å². The fourth-order valence-corrected chi connectivity index (χ4v) is 4.23. The minimum atomic E-state index is -0.289. The van der Waals surface area contributed by atoms with E-state index in [2.05, 4.69) is 10.4 Å². The van der Waals surface area contributed by atoms with Crippen LogP contribution in [0.3, 0.4) is 0 Å². The predicted molar refractivity (Wildman–Crippen MR) is 109 cm³/mol. The highest BCUT2D eigenvalue weighted by molar-refractivity contribution is 7.10. The van der Waals surface area contributed by atoms with E-state index in [1.54, 1.807) is 41.8 Å². The standard InChI is InChI=1S/C21H20N4O3S/c26-19(22-14-17(18-8-4-13-29-18)25-12-5-10-23-25)9-3-11-24-20(27)15-6-1-2-7-16(15)21(24)28/h1-2,4-8,10,12-13,17H,3,9,11,14H2,(H,22,26). The Balaban J connectivity index is 1.28.